The Bertz CT molecular complexity index is 341. The number of nitrogens with one attached hydrogen (secondary N) is 1. The third kappa shape index (κ3) is 3.72. The normalized spacial score (nSPS) is 22.4. The molecule has 0 radical (unpaired) electrons. The van der Waals surface area contributed by atoms with Crippen LogP contribution in [0.15, 0.2) is 22.8 Å². The van der Waals surface area contributed by atoms with Crippen LogP contribution < -0.4 is 11.3 Å². The molecule has 2 heterocycles. The van der Waals surface area contributed by atoms with E-state index in [2.05, 4.69) is 26.3 Å². The minimum atomic E-state index is -0.0146. The summed E-state index contributed by atoms with van der Waals surface area (Å²) in [6.07, 6.45) is 2.48. The molecule has 1 fully saturated rings. The summed E-state index contributed by atoms with van der Waals surface area (Å²) in [5.41, 5.74) is 3.76. The zero-order valence-corrected chi connectivity index (χ0v) is 11.0. The molecule has 0 amide bonds. The molecule has 1 saturated heterocycles. The Balaban J connectivity index is 1.96. The fourth-order valence-electron chi connectivity index (χ4n) is 1.79. The van der Waals surface area contributed by atoms with E-state index in [1.807, 2.05) is 12.1 Å². The lowest BCUT2D eigenvalue weighted by Gasteiger charge is -2.29. The van der Waals surface area contributed by atoms with Crippen molar-refractivity contribution in [3.63, 3.8) is 0 Å². The third-order valence-corrected chi connectivity index (χ3v) is 3.19. The standard InChI is InChI=1S/C11H16BrN3O2/c12-8-1-2-9(14-6-8)5-10(15-13)11-7-16-3-4-17-11/h1-2,6,10-11,15H,3-5,7,13H2. The molecule has 94 valence electrons. The van der Waals surface area contributed by atoms with Crippen molar-refractivity contribution in [3.8, 4) is 0 Å². The molecule has 0 aliphatic carbocycles. The molecule has 0 saturated carbocycles. The van der Waals surface area contributed by atoms with Crippen LogP contribution in [-0.4, -0.2) is 37.0 Å². The number of hydrogen-bond acceptors (Lipinski definition) is 5. The van der Waals surface area contributed by atoms with E-state index in [1.54, 1.807) is 6.20 Å². The number of pyridine rings is 1. The van der Waals surface area contributed by atoms with Crippen LogP contribution in [-0.2, 0) is 15.9 Å². The lowest BCUT2D eigenvalue weighted by Crippen LogP contribution is -2.50. The minimum Gasteiger partial charge on any atom is -0.376 e. The first-order valence-corrected chi connectivity index (χ1v) is 6.35. The highest BCUT2D eigenvalue weighted by Gasteiger charge is 2.24. The number of nitrogens with two attached hydrogens (primary N) is 1. The van der Waals surface area contributed by atoms with Gasteiger partial charge in [0.2, 0.25) is 0 Å². The van der Waals surface area contributed by atoms with Gasteiger partial charge in [-0.15, -0.1) is 0 Å². The summed E-state index contributed by atoms with van der Waals surface area (Å²) < 4.78 is 12.0. The number of ether oxygens (including phenoxy) is 2. The van der Waals surface area contributed by atoms with E-state index in [-0.39, 0.29) is 12.1 Å². The summed E-state index contributed by atoms with van der Waals surface area (Å²) in [7, 11) is 0. The second-order valence-electron chi connectivity index (χ2n) is 3.93. The van der Waals surface area contributed by atoms with Crippen molar-refractivity contribution in [2.24, 2.45) is 5.84 Å². The summed E-state index contributed by atoms with van der Waals surface area (Å²) in [4.78, 5) is 4.32. The van der Waals surface area contributed by atoms with Gasteiger partial charge >= 0.3 is 0 Å². The molecule has 17 heavy (non-hydrogen) atoms. The van der Waals surface area contributed by atoms with Crippen molar-refractivity contribution in [2.75, 3.05) is 19.8 Å². The molecule has 0 spiro atoms. The summed E-state index contributed by atoms with van der Waals surface area (Å²) >= 11 is 3.36. The van der Waals surface area contributed by atoms with Crippen LogP contribution in [0.2, 0.25) is 0 Å². The highest BCUT2D eigenvalue weighted by atomic mass is 79.9. The summed E-state index contributed by atoms with van der Waals surface area (Å²) in [5, 5.41) is 0. The maximum atomic E-state index is 5.62. The van der Waals surface area contributed by atoms with Gasteiger partial charge in [0, 0.05) is 22.8 Å². The van der Waals surface area contributed by atoms with Crippen molar-refractivity contribution in [2.45, 2.75) is 18.6 Å². The highest BCUT2D eigenvalue weighted by molar-refractivity contribution is 9.10. The molecule has 3 N–H and O–H groups in total. The van der Waals surface area contributed by atoms with Gasteiger partial charge in [0.25, 0.3) is 0 Å². The Morgan fingerprint density at radius 1 is 1.53 bits per heavy atom. The lowest BCUT2D eigenvalue weighted by molar-refractivity contribution is -0.101. The fourth-order valence-corrected chi connectivity index (χ4v) is 2.02. The number of nitrogens with zero attached hydrogens (tertiary/aromatic N) is 1. The number of rotatable bonds is 4. The van der Waals surface area contributed by atoms with E-state index in [0.29, 0.717) is 19.8 Å². The fraction of sp³-hybridized carbons (Fsp3) is 0.545. The van der Waals surface area contributed by atoms with Gasteiger partial charge in [-0.2, -0.15) is 0 Å². The maximum absolute atomic E-state index is 5.62. The van der Waals surface area contributed by atoms with Crippen molar-refractivity contribution < 1.29 is 9.47 Å². The smallest absolute Gasteiger partial charge is 0.0979 e. The lowest BCUT2D eigenvalue weighted by atomic mass is 10.1. The van der Waals surface area contributed by atoms with Crippen molar-refractivity contribution in [1.29, 1.82) is 0 Å². The molecule has 2 unspecified atom stereocenters. The Labute approximate surface area is 109 Å². The Morgan fingerprint density at radius 2 is 2.41 bits per heavy atom. The van der Waals surface area contributed by atoms with Gasteiger partial charge in [-0.3, -0.25) is 16.3 Å². The van der Waals surface area contributed by atoms with Crippen LogP contribution in [0.1, 0.15) is 5.69 Å². The summed E-state index contributed by atoms with van der Waals surface area (Å²) in [6.45, 7) is 1.85. The summed E-state index contributed by atoms with van der Waals surface area (Å²) in [5.74, 6) is 5.56. The first kappa shape index (κ1) is 12.9. The molecule has 5 nitrogen and oxygen atoms in total. The average Bonchev–Trinajstić information content (AvgIpc) is 2.39. The van der Waals surface area contributed by atoms with Crippen LogP contribution >= 0.6 is 15.9 Å². The van der Waals surface area contributed by atoms with Crippen LogP contribution in [0.4, 0.5) is 0 Å². The highest BCUT2D eigenvalue weighted by Crippen LogP contribution is 2.12. The van der Waals surface area contributed by atoms with Crippen LogP contribution in [0.25, 0.3) is 0 Å². The predicted molar refractivity (Wildman–Crippen MR) is 67.3 cm³/mol. The van der Waals surface area contributed by atoms with Gasteiger partial charge in [0.1, 0.15) is 0 Å². The van der Waals surface area contributed by atoms with Gasteiger partial charge in [0.15, 0.2) is 0 Å². The number of aromatic nitrogens is 1. The molecule has 1 aromatic heterocycles. The largest absolute Gasteiger partial charge is 0.376 e. The second-order valence-corrected chi connectivity index (χ2v) is 4.84. The van der Waals surface area contributed by atoms with Gasteiger partial charge in [-0.05, 0) is 28.1 Å². The molecular weight excluding hydrogens is 286 g/mol. The first-order valence-electron chi connectivity index (χ1n) is 5.55. The van der Waals surface area contributed by atoms with E-state index in [0.717, 1.165) is 16.6 Å². The quantitative estimate of drug-likeness (QED) is 0.631. The molecular formula is C11H16BrN3O2. The van der Waals surface area contributed by atoms with Gasteiger partial charge in [-0.1, -0.05) is 0 Å². The van der Waals surface area contributed by atoms with Crippen LogP contribution in [0.5, 0.6) is 0 Å². The zero-order chi connectivity index (χ0) is 12.1. The third-order valence-electron chi connectivity index (χ3n) is 2.72. The van der Waals surface area contributed by atoms with E-state index in [9.17, 15) is 0 Å². The monoisotopic (exact) mass is 301 g/mol. The Morgan fingerprint density at radius 3 is 3.00 bits per heavy atom. The molecule has 6 heteroatoms. The minimum absolute atomic E-state index is 0.0146. The second kappa shape index (κ2) is 6.42. The number of hydrogen-bond donors (Lipinski definition) is 2. The Hall–Kier alpha value is -0.530. The van der Waals surface area contributed by atoms with E-state index >= 15 is 0 Å². The van der Waals surface area contributed by atoms with Crippen molar-refractivity contribution in [3.05, 3.63) is 28.5 Å². The number of hydrazine groups is 1. The van der Waals surface area contributed by atoms with E-state index in [1.165, 1.54) is 0 Å². The van der Waals surface area contributed by atoms with Gasteiger partial charge in [0.05, 0.1) is 32.0 Å². The van der Waals surface area contributed by atoms with E-state index < -0.39 is 0 Å². The van der Waals surface area contributed by atoms with Gasteiger partial charge in [-0.25, -0.2) is 0 Å². The van der Waals surface area contributed by atoms with E-state index in [4.69, 9.17) is 15.3 Å². The molecule has 0 bridgehead atoms. The predicted octanol–water partition coefficient (Wildman–Crippen LogP) is 0.634. The van der Waals surface area contributed by atoms with Crippen molar-refractivity contribution in [1.82, 2.24) is 10.4 Å². The van der Waals surface area contributed by atoms with Gasteiger partial charge < -0.3 is 9.47 Å². The SMILES string of the molecule is NNC(Cc1ccc(Br)cn1)C1COCCO1. The van der Waals surface area contributed by atoms with Crippen LogP contribution in [0, 0.1) is 0 Å². The number of halogens is 1. The summed E-state index contributed by atoms with van der Waals surface area (Å²) in [6, 6.07) is 3.95. The van der Waals surface area contributed by atoms with Crippen molar-refractivity contribution >= 4 is 15.9 Å². The molecule has 2 atom stereocenters. The Kier molecular flexibility index (Phi) is 4.87. The average molecular weight is 302 g/mol. The molecule has 1 aliphatic rings. The topological polar surface area (TPSA) is 69.4 Å². The maximum Gasteiger partial charge on any atom is 0.0979 e. The molecule has 2 rings (SSSR count). The molecule has 1 aromatic rings. The molecule has 0 aromatic carbocycles. The molecule has 1 aliphatic heterocycles. The van der Waals surface area contributed by atoms with Crippen LogP contribution in [0.3, 0.4) is 0 Å². The first-order chi connectivity index (χ1) is 8.29. The zero-order valence-electron chi connectivity index (χ0n) is 9.43.